The first-order valence-electron chi connectivity index (χ1n) is 8.34. The van der Waals surface area contributed by atoms with Gasteiger partial charge in [0, 0.05) is 6.20 Å². The number of hydrogen-bond acceptors (Lipinski definition) is 3. The third kappa shape index (κ3) is 6.43. The zero-order valence-corrected chi connectivity index (χ0v) is 16.7. The number of aromatic nitrogens is 1. The van der Waals surface area contributed by atoms with Gasteiger partial charge in [-0.05, 0) is 30.3 Å². The number of carbonyl (C=O) groups is 2. The lowest BCUT2D eigenvalue weighted by atomic mass is 10.1. The second kappa shape index (κ2) is 8.44. The molecule has 1 heterocycles. The Morgan fingerprint density at radius 3 is 2.41 bits per heavy atom. The summed E-state index contributed by atoms with van der Waals surface area (Å²) >= 11 is 0. The van der Waals surface area contributed by atoms with Crippen molar-refractivity contribution in [1.82, 2.24) is 10.3 Å². The zero-order valence-electron chi connectivity index (χ0n) is 15.7. The Labute approximate surface area is 165 Å². The van der Waals surface area contributed by atoms with Gasteiger partial charge in [-0.2, -0.15) is 13.2 Å². The number of nitrogens with one attached hydrogen (secondary N) is 2. The van der Waals surface area contributed by atoms with Crippen LogP contribution in [0.25, 0.3) is 0 Å². The van der Waals surface area contributed by atoms with Crippen LogP contribution < -0.4 is 10.6 Å². The van der Waals surface area contributed by atoms with Crippen molar-refractivity contribution in [3.8, 4) is 11.5 Å². The van der Waals surface area contributed by atoms with E-state index < -0.39 is 43.1 Å². The standard InChI is InChI=1S/C19H17F4N3O2Si/c1-29(2,3)10-8-12-5-4-9-24-16(12)25-18(28)26-17(27)14-7-6-13(11-15(14)20)19(21,22)23/h4-7,9,11H,1-3H3,(H2,24,25,26,27,28). The molecular weight excluding hydrogens is 406 g/mol. The quantitative estimate of drug-likeness (QED) is 0.427. The van der Waals surface area contributed by atoms with Crippen LogP contribution in [0.1, 0.15) is 21.5 Å². The predicted molar refractivity (Wildman–Crippen MR) is 102 cm³/mol. The van der Waals surface area contributed by atoms with Gasteiger partial charge in [0.15, 0.2) is 0 Å². The number of carbonyl (C=O) groups excluding carboxylic acids is 2. The largest absolute Gasteiger partial charge is 0.416 e. The maximum atomic E-state index is 13.9. The summed E-state index contributed by atoms with van der Waals surface area (Å²) in [5.74, 6) is 0.429. The number of nitrogens with zero attached hydrogens (tertiary/aromatic N) is 1. The number of hydrogen-bond donors (Lipinski definition) is 2. The van der Waals surface area contributed by atoms with Gasteiger partial charge in [0.05, 0.1) is 16.7 Å². The second-order valence-corrected chi connectivity index (χ2v) is 11.8. The van der Waals surface area contributed by atoms with E-state index in [2.05, 4.69) is 21.8 Å². The minimum atomic E-state index is -4.75. The fourth-order valence-corrected chi connectivity index (χ4v) is 2.56. The molecule has 2 N–H and O–H groups in total. The lowest BCUT2D eigenvalue weighted by Gasteiger charge is -2.10. The highest BCUT2D eigenvalue weighted by Crippen LogP contribution is 2.30. The molecule has 0 aliphatic rings. The van der Waals surface area contributed by atoms with Crippen LogP contribution in [-0.4, -0.2) is 25.0 Å². The summed E-state index contributed by atoms with van der Waals surface area (Å²) < 4.78 is 51.6. The van der Waals surface area contributed by atoms with Crippen molar-refractivity contribution in [2.75, 3.05) is 5.32 Å². The summed E-state index contributed by atoms with van der Waals surface area (Å²) in [7, 11) is -1.69. The summed E-state index contributed by atoms with van der Waals surface area (Å²) in [5, 5.41) is 4.18. The number of benzene rings is 1. The monoisotopic (exact) mass is 423 g/mol. The molecule has 0 atom stereocenters. The van der Waals surface area contributed by atoms with Gasteiger partial charge < -0.3 is 0 Å². The van der Waals surface area contributed by atoms with E-state index in [1.54, 1.807) is 12.1 Å². The molecule has 152 valence electrons. The third-order valence-corrected chi connectivity index (χ3v) is 4.25. The van der Waals surface area contributed by atoms with Gasteiger partial charge in [-0.3, -0.25) is 15.4 Å². The van der Waals surface area contributed by atoms with E-state index in [4.69, 9.17) is 0 Å². The lowest BCUT2D eigenvalue weighted by molar-refractivity contribution is -0.137. The van der Waals surface area contributed by atoms with Crippen molar-refractivity contribution in [3.05, 3.63) is 59.0 Å². The summed E-state index contributed by atoms with van der Waals surface area (Å²) in [6.07, 6.45) is -3.34. The number of pyridine rings is 1. The fourth-order valence-electron chi connectivity index (χ4n) is 2.05. The van der Waals surface area contributed by atoms with Crippen molar-refractivity contribution < 1.29 is 27.2 Å². The van der Waals surface area contributed by atoms with Gasteiger partial charge >= 0.3 is 12.2 Å². The molecular formula is C19H17F4N3O2Si. The predicted octanol–water partition coefficient (Wildman–Crippen LogP) is 4.43. The van der Waals surface area contributed by atoms with Crippen LogP contribution in [-0.2, 0) is 6.18 Å². The molecule has 5 nitrogen and oxygen atoms in total. The van der Waals surface area contributed by atoms with E-state index in [0.29, 0.717) is 17.7 Å². The molecule has 1 aromatic heterocycles. The number of urea groups is 1. The van der Waals surface area contributed by atoms with Crippen LogP contribution in [0.2, 0.25) is 19.6 Å². The third-order valence-electron chi connectivity index (χ3n) is 3.38. The van der Waals surface area contributed by atoms with E-state index in [0.717, 1.165) is 0 Å². The summed E-state index contributed by atoms with van der Waals surface area (Å²) in [6.45, 7) is 6.11. The highest BCUT2D eigenvalue weighted by Gasteiger charge is 2.31. The molecule has 0 saturated heterocycles. The summed E-state index contributed by atoms with van der Waals surface area (Å²) in [5.41, 5.74) is 1.60. The molecule has 0 fully saturated rings. The molecule has 0 radical (unpaired) electrons. The van der Waals surface area contributed by atoms with Gasteiger partial charge in [-0.15, -0.1) is 5.54 Å². The molecule has 1 aromatic carbocycles. The maximum absolute atomic E-state index is 13.9. The smallest absolute Gasteiger partial charge is 0.291 e. The topological polar surface area (TPSA) is 71.1 Å². The van der Waals surface area contributed by atoms with Crippen LogP contribution >= 0.6 is 0 Å². The van der Waals surface area contributed by atoms with E-state index >= 15 is 0 Å². The molecule has 0 saturated carbocycles. The molecule has 0 aliphatic heterocycles. The summed E-state index contributed by atoms with van der Waals surface area (Å²) in [4.78, 5) is 28.1. The maximum Gasteiger partial charge on any atom is 0.416 e. The highest BCUT2D eigenvalue weighted by atomic mass is 28.3. The normalized spacial score (nSPS) is 11.3. The zero-order chi connectivity index (χ0) is 21.8. The van der Waals surface area contributed by atoms with Gasteiger partial charge in [0.1, 0.15) is 19.7 Å². The minimum Gasteiger partial charge on any atom is -0.291 e. The average molecular weight is 423 g/mol. The van der Waals surface area contributed by atoms with Crippen LogP contribution in [0.3, 0.4) is 0 Å². The highest BCUT2D eigenvalue weighted by molar-refractivity contribution is 6.83. The first-order chi connectivity index (χ1) is 13.4. The Morgan fingerprint density at radius 1 is 1.14 bits per heavy atom. The van der Waals surface area contributed by atoms with E-state index in [1.807, 2.05) is 25.0 Å². The Bertz CT molecular complexity index is 1000. The first kappa shape index (κ1) is 22.1. The Morgan fingerprint density at radius 2 is 1.83 bits per heavy atom. The number of anilines is 1. The SMILES string of the molecule is C[Si](C)(C)C#Cc1cccnc1NC(=O)NC(=O)c1ccc(C(F)(F)F)cc1F. The van der Waals surface area contributed by atoms with Crippen LogP contribution in [0, 0.1) is 17.3 Å². The van der Waals surface area contributed by atoms with Crippen molar-refractivity contribution in [2.45, 2.75) is 25.8 Å². The van der Waals surface area contributed by atoms with Gasteiger partial charge in [-0.25, -0.2) is 14.2 Å². The fraction of sp³-hybridized carbons (Fsp3) is 0.211. The molecule has 2 aromatic rings. The van der Waals surface area contributed by atoms with Gasteiger partial charge in [-0.1, -0.05) is 25.6 Å². The molecule has 29 heavy (non-hydrogen) atoms. The number of amides is 3. The summed E-state index contributed by atoms with van der Waals surface area (Å²) in [6, 6.07) is 3.64. The Balaban J connectivity index is 2.14. The number of halogens is 4. The molecule has 3 amide bonds. The Kier molecular flexibility index (Phi) is 6.43. The van der Waals surface area contributed by atoms with Crippen molar-refractivity contribution in [3.63, 3.8) is 0 Å². The van der Waals surface area contributed by atoms with Crippen molar-refractivity contribution in [1.29, 1.82) is 0 Å². The Hall–Kier alpha value is -3.19. The number of imide groups is 1. The van der Waals surface area contributed by atoms with Crippen molar-refractivity contribution in [2.24, 2.45) is 0 Å². The molecule has 2 rings (SSSR count). The van der Waals surface area contributed by atoms with E-state index in [1.165, 1.54) is 6.20 Å². The van der Waals surface area contributed by atoms with Gasteiger partial charge in [0.2, 0.25) is 0 Å². The average Bonchev–Trinajstić information content (AvgIpc) is 2.59. The molecule has 0 aliphatic carbocycles. The van der Waals surface area contributed by atoms with Gasteiger partial charge in [0.25, 0.3) is 5.91 Å². The van der Waals surface area contributed by atoms with E-state index in [9.17, 15) is 27.2 Å². The molecule has 10 heteroatoms. The number of alkyl halides is 3. The minimum absolute atomic E-state index is 0.0939. The lowest BCUT2D eigenvalue weighted by Crippen LogP contribution is -2.35. The van der Waals surface area contributed by atoms with Crippen LogP contribution in [0.15, 0.2) is 36.5 Å². The molecule has 0 unspecified atom stereocenters. The molecule has 0 spiro atoms. The first-order valence-corrected chi connectivity index (χ1v) is 11.8. The van der Waals surface area contributed by atoms with Crippen LogP contribution in [0.5, 0.6) is 0 Å². The number of rotatable bonds is 2. The van der Waals surface area contributed by atoms with Crippen molar-refractivity contribution >= 4 is 25.8 Å². The second-order valence-electron chi connectivity index (χ2n) is 7.00. The van der Waals surface area contributed by atoms with E-state index in [-0.39, 0.29) is 11.9 Å². The molecule has 0 bridgehead atoms. The van der Waals surface area contributed by atoms with Crippen LogP contribution in [0.4, 0.5) is 28.2 Å².